The van der Waals surface area contributed by atoms with Crippen molar-refractivity contribution in [3.8, 4) is 5.75 Å². The molecule has 0 bridgehead atoms. The van der Waals surface area contributed by atoms with Crippen LogP contribution in [0.5, 0.6) is 5.75 Å². The van der Waals surface area contributed by atoms with Crippen molar-refractivity contribution in [2.45, 2.75) is 39.8 Å². The Labute approximate surface area is 181 Å². The number of morpholine rings is 1. The predicted molar refractivity (Wildman–Crippen MR) is 120 cm³/mol. The number of hydrogen-bond donors (Lipinski definition) is 2. The third-order valence-electron chi connectivity index (χ3n) is 5.71. The molecular weight excluding hydrogens is 380 g/mol. The highest BCUT2D eigenvalue weighted by Gasteiger charge is 2.18. The maximum atomic E-state index is 6.16. The van der Waals surface area contributed by atoms with Crippen LogP contribution in [0.4, 0.5) is 0 Å². The van der Waals surface area contributed by atoms with E-state index >= 15 is 0 Å². The van der Waals surface area contributed by atoms with E-state index in [1.807, 2.05) is 0 Å². The number of nitrogens with one attached hydrogen (secondary N) is 2. The van der Waals surface area contributed by atoms with E-state index in [1.54, 1.807) is 0 Å². The Balaban J connectivity index is 1.57. The van der Waals surface area contributed by atoms with Crippen molar-refractivity contribution in [1.82, 2.24) is 15.5 Å². The van der Waals surface area contributed by atoms with Gasteiger partial charge in [-0.15, -0.1) is 0 Å². The summed E-state index contributed by atoms with van der Waals surface area (Å²) in [5, 5.41) is 6.85. The number of hydrogen-bond acceptors (Lipinski definition) is 5. The Morgan fingerprint density at radius 3 is 2.80 bits per heavy atom. The van der Waals surface area contributed by atoms with Crippen molar-refractivity contribution in [2.24, 2.45) is 10.9 Å². The van der Waals surface area contributed by atoms with Gasteiger partial charge < -0.3 is 24.8 Å². The lowest BCUT2D eigenvalue weighted by Crippen LogP contribution is -2.49. The van der Waals surface area contributed by atoms with Crippen LogP contribution in [0, 0.1) is 12.8 Å². The van der Waals surface area contributed by atoms with E-state index in [0.717, 1.165) is 76.3 Å². The topological polar surface area (TPSA) is 67.4 Å². The Bertz CT molecular complexity index is 670. The molecule has 7 nitrogen and oxygen atoms in total. The molecule has 2 atom stereocenters. The van der Waals surface area contributed by atoms with E-state index in [2.05, 4.69) is 54.5 Å². The molecule has 2 saturated heterocycles. The summed E-state index contributed by atoms with van der Waals surface area (Å²) in [7, 11) is 0. The molecule has 0 aliphatic carbocycles. The molecule has 0 aromatic heterocycles. The van der Waals surface area contributed by atoms with Gasteiger partial charge in [0.15, 0.2) is 5.96 Å². The van der Waals surface area contributed by atoms with Crippen molar-refractivity contribution in [1.29, 1.82) is 0 Å². The monoisotopic (exact) mass is 418 g/mol. The minimum Gasteiger partial charge on any atom is -0.493 e. The fraction of sp³-hybridized carbons (Fsp3) is 0.696. The molecule has 0 saturated carbocycles. The molecule has 2 aliphatic rings. The molecule has 2 aliphatic heterocycles. The number of benzene rings is 1. The first-order chi connectivity index (χ1) is 14.7. The van der Waals surface area contributed by atoms with Crippen LogP contribution in [0.15, 0.2) is 23.2 Å². The number of guanidine groups is 1. The van der Waals surface area contributed by atoms with E-state index in [1.165, 1.54) is 5.56 Å². The normalized spacial score (nSPS) is 21.4. The molecule has 168 valence electrons. The Morgan fingerprint density at radius 2 is 2.07 bits per heavy atom. The van der Waals surface area contributed by atoms with Gasteiger partial charge in [-0.25, -0.2) is 4.99 Å². The SMILES string of the molecule is CCNC(=NCc1ccc(C)cc1OCC1CCOC1)NCC(C)N1CCOCC1. The Hall–Kier alpha value is -1.83. The zero-order valence-corrected chi connectivity index (χ0v) is 18.8. The predicted octanol–water partition coefficient (Wildman–Crippen LogP) is 2.19. The molecule has 2 unspecified atom stereocenters. The summed E-state index contributed by atoms with van der Waals surface area (Å²) >= 11 is 0. The summed E-state index contributed by atoms with van der Waals surface area (Å²) in [6.45, 7) is 14.7. The third-order valence-corrected chi connectivity index (χ3v) is 5.71. The summed E-state index contributed by atoms with van der Waals surface area (Å²) in [5.41, 5.74) is 2.31. The first-order valence-corrected chi connectivity index (χ1v) is 11.3. The lowest BCUT2D eigenvalue weighted by molar-refractivity contribution is 0.0211. The van der Waals surface area contributed by atoms with Crippen LogP contribution in [0.25, 0.3) is 0 Å². The molecule has 2 fully saturated rings. The van der Waals surface area contributed by atoms with E-state index in [0.29, 0.717) is 25.1 Å². The smallest absolute Gasteiger partial charge is 0.191 e. The number of nitrogens with zero attached hydrogens (tertiary/aromatic N) is 2. The first-order valence-electron chi connectivity index (χ1n) is 11.3. The first kappa shape index (κ1) is 22.8. The number of rotatable bonds is 9. The van der Waals surface area contributed by atoms with Gasteiger partial charge in [0.1, 0.15) is 5.75 Å². The zero-order chi connectivity index (χ0) is 21.2. The van der Waals surface area contributed by atoms with Gasteiger partial charge in [0.25, 0.3) is 0 Å². The summed E-state index contributed by atoms with van der Waals surface area (Å²) in [4.78, 5) is 7.27. The Morgan fingerprint density at radius 1 is 1.23 bits per heavy atom. The molecule has 30 heavy (non-hydrogen) atoms. The molecule has 2 N–H and O–H groups in total. The second-order valence-corrected chi connectivity index (χ2v) is 8.23. The van der Waals surface area contributed by atoms with Crippen LogP contribution >= 0.6 is 0 Å². The lowest BCUT2D eigenvalue weighted by Gasteiger charge is -2.32. The average molecular weight is 419 g/mol. The largest absolute Gasteiger partial charge is 0.493 e. The molecule has 1 aromatic rings. The fourth-order valence-corrected chi connectivity index (χ4v) is 3.75. The van der Waals surface area contributed by atoms with Crippen molar-refractivity contribution >= 4 is 5.96 Å². The molecule has 0 amide bonds. The van der Waals surface area contributed by atoms with E-state index < -0.39 is 0 Å². The summed E-state index contributed by atoms with van der Waals surface area (Å²) in [6.07, 6.45) is 1.08. The lowest BCUT2D eigenvalue weighted by atomic mass is 10.1. The van der Waals surface area contributed by atoms with Crippen molar-refractivity contribution in [3.63, 3.8) is 0 Å². The maximum absolute atomic E-state index is 6.16. The van der Waals surface area contributed by atoms with Gasteiger partial charge in [0.2, 0.25) is 0 Å². The average Bonchev–Trinajstić information content (AvgIpc) is 3.29. The van der Waals surface area contributed by atoms with Gasteiger partial charge in [0.05, 0.1) is 33.0 Å². The highest BCUT2D eigenvalue weighted by atomic mass is 16.5. The number of aliphatic imine (C=N–C) groups is 1. The Kier molecular flexibility index (Phi) is 9.24. The van der Waals surface area contributed by atoms with Gasteiger partial charge in [-0.1, -0.05) is 12.1 Å². The quantitative estimate of drug-likeness (QED) is 0.473. The number of ether oxygens (including phenoxy) is 3. The summed E-state index contributed by atoms with van der Waals surface area (Å²) in [6, 6.07) is 6.79. The van der Waals surface area contributed by atoms with Gasteiger partial charge >= 0.3 is 0 Å². The second kappa shape index (κ2) is 12.1. The summed E-state index contributed by atoms with van der Waals surface area (Å²) < 4.78 is 17.1. The van der Waals surface area contributed by atoms with E-state index in [-0.39, 0.29) is 0 Å². The zero-order valence-electron chi connectivity index (χ0n) is 18.8. The van der Waals surface area contributed by atoms with Crippen molar-refractivity contribution in [3.05, 3.63) is 29.3 Å². The van der Waals surface area contributed by atoms with Crippen molar-refractivity contribution < 1.29 is 14.2 Å². The van der Waals surface area contributed by atoms with Gasteiger partial charge in [0, 0.05) is 50.3 Å². The third kappa shape index (κ3) is 7.15. The van der Waals surface area contributed by atoms with E-state index in [9.17, 15) is 0 Å². The molecule has 2 heterocycles. The van der Waals surface area contributed by atoms with Gasteiger partial charge in [-0.3, -0.25) is 4.90 Å². The van der Waals surface area contributed by atoms with Crippen LogP contribution in [-0.4, -0.2) is 76.1 Å². The van der Waals surface area contributed by atoms with Gasteiger partial charge in [-0.2, -0.15) is 0 Å². The highest BCUT2D eigenvalue weighted by Crippen LogP contribution is 2.23. The minimum atomic E-state index is 0.435. The van der Waals surface area contributed by atoms with E-state index in [4.69, 9.17) is 19.2 Å². The standard InChI is InChI=1S/C23H38N4O3/c1-4-24-23(25-14-19(3)27-8-11-28-12-9-27)26-15-21-6-5-18(2)13-22(21)30-17-20-7-10-29-16-20/h5-6,13,19-20H,4,7-12,14-17H2,1-3H3,(H2,24,25,26). The fourth-order valence-electron chi connectivity index (χ4n) is 3.75. The van der Waals surface area contributed by atoms with Crippen molar-refractivity contribution in [2.75, 3.05) is 59.2 Å². The van der Waals surface area contributed by atoms with Crippen LogP contribution in [0.2, 0.25) is 0 Å². The highest BCUT2D eigenvalue weighted by molar-refractivity contribution is 5.79. The van der Waals surface area contributed by atoms with Crippen LogP contribution in [0.3, 0.4) is 0 Å². The molecular formula is C23H38N4O3. The molecule has 1 aromatic carbocycles. The molecule has 3 rings (SSSR count). The maximum Gasteiger partial charge on any atom is 0.191 e. The van der Waals surface area contributed by atoms with Crippen LogP contribution in [-0.2, 0) is 16.0 Å². The summed E-state index contributed by atoms with van der Waals surface area (Å²) in [5.74, 6) is 2.26. The molecule has 0 spiro atoms. The molecule has 0 radical (unpaired) electrons. The minimum absolute atomic E-state index is 0.435. The van der Waals surface area contributed by atoms with Gasteiger partial charge in [-0.05, 0) is 38.8 Å². The van der Waals surface area contributed by atoms with Crippen LogP contribution in [0.1, 0.15) is 31.4 Å². The number of aryl methyl sites for hydroxylation is 1. The second-order valence-electron chi connectivity index (χ2n) is 8.23. The molecule has 7 heteroatoms. The van der Waals surface area contributed by atoms with Crippen LogP contribution < -0.4 is 15.4 Å².